The van der Waals surface area contributed by atoms with Gasteiger partial charge in [-0.2, -0.15) is 8.78 Å². The number of hydrogen-bond acceptors (Lipinski definition) is 4. The van der Waals surface area contributed by atoms with Crippen molar-refractivity contribution in [3.63, 3.8) is 0 Å². The summed E-state index contributed by atoms with van der Waals surface area (Å²) in [5.41, 5.74) is 0.966. The lowest BCUT2D eigenvalue weighted by atomic mass is 10.2. The molecule has 0 aliphatic carbocycles. The maximum atomic E-state index is 13.3. The fraction of sp³-hybridized carbons (Fsp3) is 0.364. The summed E-state index contributed by atoms with van der Waals surface area (Å²) in [6.45, 7) is 0.679. The average molecular weight is 577 g/mol. The van der Waals surface area contributed by atoms with Crippen LogP contribution in [0.4, 0.5) is 24.5 Å². The summed E-state index contributed by atoms with van der Waals surface area (Å²) in [4.78, 5) is 18.4. The van der Waals surface area contributed by atoms with E-state index in [0.717, 1.165) is 6.42 Å². The normalized spacial score (nSPS) is 15.7. The topological polar surface area (TPSA) is 78.0 Å². The third-order valence-electron chi connectivity index (χ3n) is 4.78. The van der Waals surface area contributed by atoms with E-state index in [1.54, 1.807) is 24.3 Å². The molecule has 1 unspecified atom stereocenters. The first-order chi connectivity index (χ1) is 15.4. The van der Waals surface area contributed by atoms with Crippen LogP contribution in [0.1, 0.15) is 13.3 Å². The van der Waals surface area contributed by atoms with Crippen molar-refractivity contribution in [1.29, 1.82) is 0 Å². The van der Waals surface area contributed by atoms with E-state index in [0.29, 0.717) is 37.0 Å². The Morgan fingerprint density at radius 2 is 2.03 bits per heavy atom. The summed E-state index contributed by atoms with van der Waals surface area (Å²) in [5, 5.41) is 8.96. The van der Waals surface area contributed by atoms with Gasteiger partial charge in [0.2, 0.25) is 5.91 Å². The van der Waals surface area contributed by atoms with Crippen LogP contribution in [0.2, 0.25) is 0 Å². The van der Waals surface area contributed by atoms with Gasteiger partial charge in [-0.15, -0.1) is 24.0 Å². The molecule has 0 spiro atoms. The van der Waals surface area contributed by atoms with Crippen LogP contribution in [0.3, 0.4) is 0 Å². The van der Waals surface area contributed by atoms with E-state index in [-0.39, 0.29) is 48.2 Å². The number of anilines is 2. The quantitative estimate of drug-likeness (QED) is 0.253. The molecule has 7 nitrogen and oxygen atoms in total. The zero-order chi connectivity index (χ0) is 22.9. The molecule has 1 fully saturated rings. The highest BCUT2D eigenvalue weighted by atomic mass is 127. The van der Waals surface area contributed by atoms with Crippen LogP contribution in [-0.2, 0) is 4.79 Å². The number of carbonyl (C=O) groups is 1. The van der Waals surface area contributed by atoms with E-state index in [1.165, 1.54) is 24.3 Å². The van der Waals surface area contributed by atoms with Gasteiger partial charge in [0.25, 0.3) is 0 Å². The number of rotatable bonds is 8. The molecule has 1 aliphatic heterocycles. The summed E-state index contributed by atoms with van der Waals surface area (Å²) in [5.74, 6) is -0.213. The Hall–Kier alpha value is -2.70. The number of amides is 1. The van der Waals surface area contributed by atoms with E-state index in [4.69, 9.17) is 0 Å². The van der Waals surface area contributed by atoms with Crippen LogP contribution in [0.5, 0.6) is 5.75 Å². The molecule has 3 N–H and O–H groups in total. The molecule has 1 aliphatic rings. The molecule has 0 radical (unpaired) electrons. The molecular weight excluding hydrogens is 550 g/mol. The van der Waals surface area contributed by atoms with Gasteiger partial charge in [-0.25, -0.2) is 9.38 Å². The number of ether oxygens (including phenoxy) is 1. The predicted octanol–water partition coefficient (Wildman–Crippen LogP) is 3.82. The Morgan fingerprint density at radius 3 is 2.76 bits per heavy atom. The molecule has 1 heterocycles. The number of aliphatic imine (C=N–C) groups is 1. The van der Waals surface area contributed by atoms with Crippen LogP contribution >= 0.6 is 24.0 Å². The monoisotopic (exact) mass is 577 g/mol. The minimum Gasteiger partial charge on any atom is -0.433 e. The number of para-hydroxylation sites is 2. The molecule has 0 bridgehead atoms. The van der Waals surface area contributed by atoms with Gasteiger partial charge >= 0.3 is 6.61 Å². The van der Waals surface area contributed by atoms with Crippen molar-refractivity contribution in [2.75, 3.05) is 36.4 Å². The van der Waals surface area contributed by atoms with Crippen LogP contribution in [-0.4, -0.2) is 50.7 Å². The van der Waals surface area contributed by atoms with Crippen LogP contribution in [0.15, 0.2) is 53.5 Å². The highest BCUT2D eigenvalue weighted by Crippen LogP contribution is 2.31. The summed E-state index contributed by atoms with van der Waals surface area (Å²) in [7, 11) is 0. The molecule has 1 saturated heterocycles. The molecule has 0 saturated carbocycles. The molecule has 0 aromatic heterocycles. The second-order valence-electron chi connectivity index (χ2n) is 7.18. The highest BCUT2D eigenvalue weighted by Gasteiger charge is 2.26. The predicted molar refractivity (Wildman–Crippen MR) is 133 cm³/mol. The van der Waals surface area contributed by atoms with Crippen molar-refractivity contribution >= 4 is 47.2 Å². The van der Waals surface area contributed by atoms with Crippen LogP contribution in [0, 0.1) is 5.82 Å². The zero-order valence-electron chi connectivity index (χ0n) is 18.1. The minimum atomic E-state index is -2.89. The second kappa shape index (κ2) is 13.1. The van der Waals surface area contributed by atoms with Gasteiger partial charge < -0.3 is 25.6 Å². The lowest BCUT2D eigenvalue weighted by Gasteiger charge is -2.22. The Labute approximate surface area is 207 Å². The van der Waals surface area contributed by atoms with Gasteiger partial charge in [0.15, 0.2) is 5.96 Å². The number of nitrogens with one attached hydrogen (secondary N) is 3. The van der Waals surface area contributed by atoms with Crippen molar-refractivity contribution in [3.05, 3.63) is 54.3 Å². The second-order valence-corrected chi connectivity index (χ2v) is 7.18. The molecule has 3 rings (SSSR count). The molecule has 2 aromatic carbocycles. The summed E-state index contributed by atoms with van der Waals surface area (Å²) in [6, 6.07) is 12.3. The first-order valence-electron chi connectivity index (χ1n) is 10.3. The Bertz CT molecular complexity index is 948. The fourth-order valence-corrected chi connectivity index (χ4v) is 3.44. The molecule has 33 heavy (non-hydrogen) atoms. The first-order valence-corrected chi connectivity index (χ1v) is 10.3. The highest BCUT2D eigenvalue weighted by molar-refractivity contribution is 14.0. The Morgan fingerprint density at radius 1 is 1.24 bits per heavy atom. The molecular formula is C22H27F3IN5O2. The number of alkyl halides is 2. The molecule has 2 aromatic rings. The van der Waals surface area contributed by atoms with Gasteiger partial charge in [-0.1, -0.05) is 18.2 Å². The summed E-state index contributed by atoms with van der Waals surface area (Å²) >= 11 is 0. The van der Waals surface area contributed by atoms with Crippen LogP contribution < -0.4 is 25.6 Å². The van der Waals surface area contributed by atoms with Gasteiger partial charge in [-0.3, -0.25) is 4.79 Å². The SMILES string of the molecule is CCNC(=NCC(=O)Nc1cccc(F)c1)NC1CCN(c2ccccc2OC(F)F)C1.I. The van der Waals surface area contributed by atoms with Gasteiger partial charge in [0.1, 0.15) is 18.1 Å². The van der Waals surface area contributed by atoms with Crippen molar-refractivity contribution < 1.29 is 22.7 Å². The molecule has 1 atom stereocenters. The number of halogens is 4. The Kier molecular flexibility index (Phi) is 10.6. The lowest BCUT2D eigenvalue weighted by Crippen LogP contribution is -2.45. The minimum absolute atomic E-state index is 0. The van der Waals surface area contributed by atoms with Gasteiger partial charge in [0, 0.05) is 31.4 Å². The third-order valence-corrected chi connectivity index (χ3v) is 4.78. The van der Waals surface area contributed by atoms with E-state index in [1.807, 2.05) is 11.8 Å². The largest absolute Gasteiger partial charge is 0.433 e. The fourth-order valence-electron chi connectivity index (χ4n) is 3.44. The van der Waals surface area contributed by atoms with Crippen molar-refractivity contribution in [3.8, 4) is 5.75 Å². The maximum Gasteiger partial charge on any atom is 0.387 e. The van der Waals surface area contributed by atoms with E-state index >= 15 is 0 Å². The average Bonchev–Trinajstić information content (AvgIpc) is 3.20. The third kappa shape index (κ3) is 8.30. The van der Waals surface area contributed by atoms with E-state index < -0.39 is 12.4 Å². The number of guanidine groups is 1. The zero-order valence-corrected chi connectivity index (χ0v) is 20.4. The standard InChI is InChI=1S/C22H26F3N5O2.HI/c1-2-26-22(27-13-20(31)28-16-7-5-6-15(23)12-16)29-17-10-11-30(14-17)18-8-3-4-9-19(18)32-21(24)25;/h3-9,12,17,21H,2,10-11,13-14H2,1H3,(H,28,31)(H2,26,27,29);1H. The van der Waals surface area contributed by atoms with Gasteiger partial charge in [0.05, 0.1) is 5.69 Å². The molecule has 1 amide bonds. The van der Waals surface area contributed by atoms with E-state index in [9.17, 15) is 18.0 Å². The molecule has 11 heteroatoms. The summed E-state index contributed by atoms with van der Waals surface area (Å²) in [6.07, 6.45) is 0.753. The van der Waals surface area contributed by atoms with Crippen molar-refractivity contribution in [1.82, 2.24) is 10.6 Å². The summed E-state index contributed by atoms with van der Waals surface area (Å²) < 4.78 is 43.3. The first kappa shape index (κ1) is 26.6. The maximum absolute atomic E-state index is 13.3. The number of nitrogens with zero attached hydrogens (tertiary/aromatic N) is 2. The van der Waals surface area contributed by atoms with Crippen LogP contribution in [0.25, 0.3) is 0 Å². The van der Waals surface area contributed by atoms with E-state index in [2.05, 4.69) is 25.7 Å². The lowest BCUT2D eigenvalue weighted by molar-refractivity contribution is -0.114. The Balaban J connectivity index is 0.00000385. The number of hydrogen-bond donors (Lipinski definition) is 3. The van der Waals surface area contributed by atoms with Crippen molar-refractivity contribution in [2.45, 2.75) is 26.0 Å². The number of benzene rings is 2. The smallest absolute Gasteiger partial charge is 0.387 e. The van der Waals surface area contributed by atoms with Gasteiger partial charge in [-0.05, 0) is 43.7 Å². The molecule has 180 valence electrons. The number of carbonyl (C=O) groups excluding carboxylic acids is 1. The van der Waals surface area contributed by atoms with Crippen molar-refractivity contribution in [2.24, 2.45) is 4.99 Å².